The number of hydrogen-bond donors (Lipinski definition) is 0. The van der Waals surface area contributed by atoms with E-state index in [-0.39, 0.29) is 0 Å². The van der Waals surface area contributed by atoms with Crippen molar-refractivity contribution in [2.24, 2.45) is 0 Å². The predicted molar refractivity (Wildman–Crippen MR) is 49.0 cm³/mol. The molecule has 0 radical (unpaired) electrons. The molecule has 0 atom stereocenters. The Morgan fingerprint density at radius 1 is 0.909 bits per heavy atom. The van der Waals surface area contributed by atoms with Gasteiger partial charge in [0, 0.05) is 55.4 Å². The van der Waals surface area contributed by atoms with Gasteiger partial charge in [-0.15, -0.1) is 0 Å². The van der Waals surface area contributed by atoms with Crippen molar-refractivity contribution >= 4 is 18.3 Å². The quantitative estimate of drug-likeness (QED) is 0.475. The third kappa shape index (κ3) is 1.01. The van der Waals surface area contributed by atoms with Gasteiger partial charge in [-0.25, -0.2) is 14.0 Å². The van der Waals surface area contributed by atoms with Crippen LogP contribution in [0.25, 0.3) is 0 Å². The summed E-state index contributed by atoms with van der Waals surface area (Å²) in [4.78, 5) is 0. The molecule has 0 spiro atoms. The standard InChI is InChI=1S/C6H12N3PS/c11-10(7-1-2-7,8-3-4-8)9-5-6-9/h1-6H2/i1D2,2D2,3D2,4D2,5D2,6D2. The number of nitrogens with zero attached hydrogens (tertiary/aromatic N) is 3. The fourth-order valence-corrected chi connectivity index (χ4v) is 2.91. The van der Waals surface area contributed by atoms with Gasteiger partial charge in [0.05, 0.1) is 0 Å². The van der Waals surface area contributed by atoms with Crippen LogP contribution in [0.2, 0.25) is 0 Å². The highest BCUT2D eigenvalue weighted by Crippen LogP contribution is 2.65. The Labute approximate surface area is 89.0 Å². The summed E-state index contributed by atoms with van der Waals surface area (Å²) in [6.45, 7) is -20.3. The monoisotopic (exact) mass is 201 g/mol. The summed E-state index contributed by atoms with van der Waals surface area (Å²) in [7, 11) is 0. The summed E-state index contributed by atoms with van der Waals surface area (Å²) in [6, 6.07) is 0. The zero-order valence-electron chi connectivity index (χ0n) is 17.2. The minimum absolute atomic E-state index is 0.383. The fraction of sp³-hybridized carbons (Fsp3) is 1.00. The lowest BCUT2D eigenvalue weighted by molar-refractivity contribution is 0.697. The molecule has 3 aliphatic heterocycles. The van der Waals surface area contributed by atoms with E-state index in [1.165, 1.54) is 0 Å². The molecule has 0 aromatic carbocycles. The Hall–Kier alpha value is 0.530. The number of hydrogen-bond acceptors (Lipinski definition) is 1. The van der Waals surface area contributed by atoms with E-state index < -0.39 is 45.5 Å². The van der Waals surface area contributed by atoms with Crippen LogP contribution in [0, 0.1) is 0 Å². The van der Waals surface area contributed by atoms with Crippen LogP contribution >= 0.6 is 6.49 Å². The maximum atomic E-state index is 7.66. The second kappa shape index (κ2) is 2.06. The van der Waals surface area contributed by atoms with Gasteiger partial charge in [-0.3, -0.25) is 0 Å². The average molecular weight is 201 g/mol. The van der Waals surface area contributed by atoms with Gasteiger partial charge in [-0.05, 0) is 11.8 Å². The summed E-state index contributed by atoms with van der Waals surface area (Å²) in [5.74, 6) is 0. The zero-order chi connectivity index (χ0) is 18.2. The van der Waals surface area contributed by atoms with Gasteiger partial charge in [0.25, 0.3) is 0 Å². The molecule has 62 valence electrons. The molecule has 3 nitrogen and oxygen atoms in total. The minimum atomic E-state index is -4.25. The summed E-state index contributed by atoms with van der Waals surface area (Å²) in [5, 5.41) is 0. The maximum Gasteiger partial charge on any atom is 0.145 e. The minimum Gasteiger partial charge on any atom is -0.249 e. The topological polar surface area (TPSA) is 9.03 Å². The normalized spacial score (nSPS) is 76.0. The second-order valence-electron chi connectivity index (χ2n) is 2.12. The largest absolute Gasteiger partial charge is 0.249 e. The van der Waals surface area contributed by atoms with Gasteiger partial charge in [-0.2, -0.15) is 0 Å². The second-order valence-corrected chi connectivity index (χ2v) is 5.82. The van der Waals surface area contributed by atoms with Gasteiger partial charge in [-0.1, -0.05) is 0 Å². The van der Waals surface area contributed by atoms with Crippen molar-refractivity contribution in [2.75, 3.05) is 39.0 Å². The van der Waals surface area contributed by atoms with E-state index in [1.54, 1.807) is 0 Å². The first-order valence-corrected chi connectivity index (χ1v) is 5.53. The first-order chi connectivity index (χ1) is 9.85. The highest BCUT2D eigenvalue weighted by molar-refractivity contribution is 8.11. The lowest BCUT2D eigenvalue weighted by Gasteiger charge is -2.25. The summed E-state index contributed by atoms with van der Waals surface area (Å²) < 4.78 is 93.1. The van der Waals surface area contributed by atoms with E-state index in [0.29, 0.717) is 14.0 Å². The Balaban J connectivity index is 2.15. The SMILES string of the molecule is [2H]C1([2H])N(P(=S)(N2C([2H])([2H])C2([2H])[2H])N2C([2H])([2H])C2([2H])[2H])C1([2H])[2H]. The molecule has 0 saturated carbocycles. The molecule has 0 bridgehead atoms. The van der Waals surface area contributed by atoms with Crippen molar-refractivity contribution in [3.8, 4) is 0 Å². The first-order valence-electron chi connectivity index (χ1n) is 8.87. The average Bonchev–Trinajstić information content (AvgIpc) is 2.96. The molecule has 0 unspecified atom stereocenters. The molecule has 3 heterocycles. The van der Waals surface area contributed by atoms with Crippen LogP contribution in [0.4, 0.5) is 0 Å². The van der Waals surface area contributed by atoms with Crippen LogP contribution in [-0.2, 0) is 11.8 Å². The Morgan fingerprint density at radius 3 is 1.36 bits per heavy atom. The molecule has 0 aromatic rings. The van der Waals surface area contributed by atoms with Gasteiger partial charge in [0.1, 0.15) is 6.49 Å². The van der Waals surface area contributed by atoms with E-state index in [0.717, 1.165) is 0 Å². The third-order valence-corrected chi connectivity index (χ3v) is 5.05. The molecule has 3 rings (SSSR count). The van der Waals surface area contributed by atoms with Crippen molar-refractivity contribution in [1.29, 1.82) is 0 Å². The molecular formula is C6H12N3PS. The van der Waals surface area contributed by atoms with Gasteiger partial charge < -0.3 is 0 Å². The van der Waals surface area contributed by atoms with Crippen molar-refractivity contribution in [3.05, 3.63) is 0 Å². The van der Waals surface area contributed by atoms with Crippen molar-refractivity contribution in [3.63, 3.8) is 0 Å². The van der Waals surface area contributed by atoms with Gasteiger partial charge in [0.2, 0.25) is 0 Å². The highest BCUT2D eigenvalue weighted by Gasteiger charge is 2.50. The van der Waals surface area contributed by atoms with E-state index in [9.17, 15) is 0 Å². The van der Waals surface area contributed by atoms with Crippen LogP contribution in [0.1, 0.15) is 16.4 Å². The lowest BCUT2D eigenvalue weighted by Crippen LogP contribution is -2.11. The Kier molecular flexibility index (Phi) is 0.368. The van der Waals surface area contributed by atoms with Crippen molar-refractivity contribution in [1.82, 2.24) is 14.0 Å². The Bertz CT molecular complexity index is 519. The third-order valence-electron chi connectivity index (χ3n) is 1.42. The predicted octanol–water partition coefficient (Wildman–Crippen LogP) is 0.158. The molecule has 0 N–H and O–H groups in total. The molecule has 3 fully saturated rings. The molecule has 0 amide bonds. The molecule has 3 saturated heterocycles. The lowest BCUT2D eigenvalue weighted by atomic mass is 11.0. The van der Waals surface area contributed by atoms with Crippen LogP contribution in [-0.4, -0.2) is 53.0 Å². The molecule has 0 aliphatic carbocycles. The number of rotatable bonds is 3. The van der Waals surface area contributed by atoms with E-state index in [4.69, 9.17) is 28.3 Å². The summed E-state index contributed by atoms with van der Waals surface area (Å²) in [5.41, 5.74) is 0. The molecule has 3 aliphatic rings. The smallest absolute Gasteiger partial charge is 0.145 e. The molecular weight excluding hydrogens is 177 g/mol. The summed E-state index contributed by atoms with van der Waals surface area (Å²) >= 11 is 5.20. The fourth-order valence-electron chi connectivity index (χ4n) is 0.726. The Morgan fingerprint density at radius 2 is 1.18 bits per heavy atom. The molecule has 11 heavy (non-hydrogen) atoms. The van der Waals surface area contributed by atoms with Crippen LogP contribution in [0.5, 0.6) is 0 Å². The van der Waals surface area contributed by atoms with E-state index in [2.05, 4.69) is 0 Å². The van der Waals surface area contributed by atoms with Crippen LogP contribution in [0.3, 0.4) is 0 Å². The molecule has 5 heteroatoms. The first kappa shape index (κ1) is 1.96. The van der Waals surface area contributed by atoms with Crippen LogP contribution in [0.15, 0.2) is 0 Å². The maximum absolute atomic E-state index is 7.66. The molecule has 0 aromatic heterocycles. The summed E-state index contributed by atoms with van der Waals surface area (Å²) in [6.07, 6.45) is 0. The highest BCUT2D eigenvalue weighted by atomic mass is 32.4. The van der Waals surface area contributed by atoms with E-state index in [1.807, 2.05) is 0 Å². The van der Waals surface area contributed by atoms with E-state index >= 15 is 0 Å². The van der Waals surface area contributed by atoms with Gasteiger partial charge >= 0.3 is 0 Å². The van der Waals surface area contributed by atoms with Crippen molar-refractivity contribution in [2.45, 2.75) is 0 Å². The van der Waals surface area contributed by atoms with Gasteiger partial charge in [0.15, 0.2) is 0 Å². The van der Waals surface area contributed by atoms with Crippen molar-refractivity contribution < 1.29 is 16.4 Å². The zero-order valence-corrected chi connectivity index (χ0v) is 6.91. The van der Waals surface area contributed by atoms with Crippen LogP contribution < -0.4 is 0 Å².